The molecular weight excluding hydrogens is 364 g/mol. The van der Waals surface area contributed by atoms with Gasteiger partial charge in [-0.2, -0.15) is 0 Å². The fraction of sp³-hybridized carbons (Fsp3) is 0.188. The molecule has 3 rings (SSSR count). The summed E-state index contributed by atoms with van der Waals surface area (Å²) in [7, 11) is -3.72. The first-order valence-corrected chi connectivity index (χ1v) is 10.8. The summed E-state index contributed by atoms with van der Waals surface area (Å²) in [4.78, 5) is 12.8. The van der Waals surface area contributed by atoms with E-state index in [1.165, 1.54) is 17.8 Å². The molecule has 0 atom stereocenters. The van der Waals surface area contributed by atoms with Gasteiger partial charge in [0, 0.05) is 11.4 Å². The van der Waals surface area contributed by atoms with Crippen molar-refractivity contribution in [2.45, 2.75) is 23.3 Å². The van der Waals surface area contributed by atoms with Crippen molar-refractivity contribution in [1.29, 1.82) is 0 Å². The van der Waals surface area contributed by atoms with Crippen molar-refractivity contribution in [2.75, 3.05) is 11.0 Å². The molecule has 1 heterocycles. The van der Waals surface area contributed by atoms with E-state index >= 15 is 0 Å². The average Bonchev–Trinajstić information content (AvgIpc) is 2.89. The first-order chi connectivity index (χ1) is 11.5. The van der Waals surface area contributed by atoms with Crippen LogP contribution in [0.4, 0.5) is 5.69 Å². The zero-order valence-corrected chi connectivity index (χ0v) is 15.6. The molecule has 5 nitrogen and oxygen atoms in total. The molecule has 8 heteroatoms. The lowest BCUT2D eigenvalue weighted by Crippen LogP contribution is -2.13. The average molecular weight is 381 g/mol. The van der Waals surface area contributed by atoms with Crippen LogP contribution in [-0.2, 0) is 16.6 Å². The Hall–Kier alpha value is -1.77. The van der Waals surface area contributed by atoms with Crippen molar-refractivity contribution in [3.05, 3.63) is 52.1 Å². The highest BCUT2D eigenvalue weighted by Crippen LogP contribution is 2.28. The second-order valence-electron chi connectivity index (χ2n) is 5.05. The Labute approximate surface area is 148 Å². The van der Waals surface area contributed by atoms with Crippen molar-refractivity contribution < 1.29 is 8.42 Å². The molecule has 2 aromatic carbocycles. The van der Waals surface area contributed by atoms with E-state index in [2.05, 4.69) is 4.72 Å². The van der Waals surface area contributed by atoms with Gasteiger partial charge in [0.1, 0.15) is 0 Å². The molecule has 126 valence electrons. The molecule has 0 aliphatic carbocycles. The molecule has 3 aromatic rings. The number of para-hydroxylation sites is 1. The van der Waals surface area contributed by atoms with Crippen LogP contribution >= 0.6 is 23.1 Å². The third-order valence-electron chi connectivity index (χ3n) is 3.62. The maximum absolute atomic E-state index is 12.7. The number of aryl methyl sites for hydroxylation is 1. The number of anilines is 1. The Morgan fingerprint density at radius 3 is 2.67 bits per heavy atom. The first kappa shape index (κ1) is 17.1. The van der Waals surface area contributed by atoms with Gasteiger partial charge < -0.3 is 0 Å². The molecular formula is C16H16N2O3S3. The smallest absolute Gasteiger partial charge is 0.299 e. The normalized spacial score (nSPS) is 11.8. The predicted octanol–water partition coefficient (Wildman–Crippen LogP) is 3.61. The zero-order valence-electron chi connectivity index (χ0n) is 13.1. The number of hydrogen-bond acceptors (Lipinski definition) is 5. The van der Waals surface area contributed by atoms with Crippen LogP contribution in [-0.4, -0.2) is 19.2 Å². The fourth-order valence-electron chi connectivity index (χ4n) is 2.45. The summed E-state index contributed by atoms with van der Waals surface area (Å²) in [6, 6.07) is 12.0. The van der Waals surface area contributed by atoms with E-state index < -0.39 is 10.0 Å². The maximum atomic E-state index is 12.7. The lowest BCUT2D eigenvalue weighted by molar-refractivity contribution is 0.601. The summed E-state index contributed by atoms with van der Waals surface area (Å²) in [5.74, 6) is 0. The molecule has 0 saturated carbocycles. The Morgan fingerprint density at radius 2 is 1.96 bits per heavy atom. The van der Waals surface area contributed by atoms with Crippen LogP contribution in [0.15, 0.2) is 57.1 Å². The summed E-state index contributed by atoms with van der Waals surface area (Å²) >= 11 is 2.53. The quantitative estimate of drug-likeness (QED) is 0.687. The van der Waals surface area contributed by atoms with E-state index in [0.29, 0.717) is 16.9 Å². The minimum atomic E-state index is -3.72. The second-order valence-corrected chi connectivity index (χ2v) is 8.57. The molecule has 0 bridgehead atoms. The van der Waals surface area contributed by atoms with Crippen LogP contribution in [0.2, 0.25) is 0 Å². The summed E-state index contributed by atoms with van der Waals surface area (Å²) in [5.41, 5.74) is 1.31. The Balaban J connectivity index is 2.04. The monoisotopic (exact) mass is 380 g/mol. The van der Waals surface area contributed by atoms with Gasteiger partial charge in [-0.25, -0.2) is 8.42 Å². The van der Waals surface area contributed by atoms with Gasteiger partial charge in [-0.1, -0.05) is 23.5 Å². The largest absolute Gasteiger partial charge is 0.308 e. The predicted molar refractivity (Wildman–Crippen MR) is 101 cm³/mol. The summed E-state index contributed by atoms with van der Waals surface area (Å²) in [6.07, 6.45) is 1.89. The van der Waals surface area contributed by atoms with E-state index in [1.54, 1.807) is 28.8 Å². The summed E-state index contributed by atoms with van der Waals surface area (Å²) in [5, 5.41) is 0. The molecule has 0 fully saturated rings. The Kier molecular flexibility index (Phi) is 4.71. The van der Waals surface area contributed by atoms with Gasteiger partial charge in [-0.3, -0.25) is 14.1 Å². The number of sulfonamides is 1. The highest BCUT2D eigenvalue weighted by Gasteiger charge is 2.18. The molecule has 0 spiro atoms. The molecule has 0 amide bonds. The minimum Gasteiger partial charge on any atom is -0.299 e. The van der Waals surface area contributed by atoms with Crippen molar-refractivity contribution >= 4 is 49.0 Å². The van der Waals surface area contributed by atoms with Gasteiger partial charge in [-0.05, 0) is 43.5 Å². The number of nitrogens with one attached hydrogen (secondary N) is 1. The van der Waals surface area contributed by atoms with Crippen LogP contribution in [0.1, 0.15) is 6.92 Å². The highest BCUT2D eigenvalue weighted by molar-refractivity contribution is 7.99. The van der Waals surface area contributed by atoms with Crippen LogP contribution in [0.3, 0.4) is 0 Å². The highest BCUT2D eigenvalue weighted by atomic mass is 32.2. The number of thiazole rings is 1. The van der Waals surface area contributed by atoms with Gasteiger partial charge in [0.05, 0.1) is 20.8 Å². The van der Waals surface area contributed by atoms with E-state index in [9.17, 15) is 13.2 Å². The zero-order chi connectivity index (χ0) is 17.3. The number of nitrogens with zero attached hydrogens (tertiary/aromatic N) is 1. The first-order valence-electron chi connectivity index (χ1n) is 7.25. The number of hydrogen-bond donors (Lipinski definition) is 1. The standard InChI is InChI=1S/C16H16N2O3S3/c1-3-18-13-9-8-11(10-15(13)23-16(18)19)24(20,21)17-12-6-4-5-7-14(12)22-2/h4-10,17H,3H2,1-2H3. The summed E-state index contributed by atoms with van der Waals surface area (Å²) < 4.78 is 30.3. The topological polar surface area (TPSA) is 68.2 Å². The van der Waals surface area contributed by atoms with Gasteiger partial charge >= 0.3 is 4.87 Å². The molecule has 0 aliphatic rings. The van der Waals surface area contributed by atoms with Crippen LogP contribution in [0.25, 0.3) is 10.2 Å². The molecule has 1 aromatic heterocycles. The number of aromatic nitrogens is 1. The van der Waals surface area contributed by atoms with Crippen molar-refractivity contribution in [3.63, 3.8) is 0 Å². The van der Waals surface area contributed by atoms with E-state index in [0.717, 1.165) is 21.7 Å². The van der Waals surface area contributed by atoms with E-state index in [1.807, 2.05) is 25.3 Å². The molecule has 0 saturated heterocycles. The molecule has 0 radical (unpaired) electrons. The Bertz CT molecular complexity index is 1050. The van der Waals surface area contributed by atoms with Gasteiger partial charge in [0.25, 0.3) is 10.0 Å². The van der Waals surface area contributed by atoms with Gasteiger partial charge in [0.2, 0.25) is 0 Å². The lowest BCUT2D eigenvalue weighted by Gasteiger charge is -2.11. The number of rotatable bonds is 5. The van der Waals surface area contributed by atoms with Crippen LogP contribution in [0, 0.1) is 0 Å². The number of benzene rings is 2. The van der Waals surface area contributed by atoms with Crippen molar-refractivity contribution in [2.24, 2.45) is 0 Å². The lowest BCUT2D eigenvalue weighted by atomic mass is 10.3. The SMILES string of the molecule is CCn1c(=O)sc2cc(S(=O)(=O)Nc3ccccc3SC)ccc21. The summed E-state index contributed by atoms with van der Waals surface area (Å²) in [6.45, 7) is 2.45. The fourth-order valence-corrected chi connectivity index (χ4v) is 5.24. The second kappa shape index (κ2) is 6.62. The third kappa shape index (κ3) is 3.09. The van der Waals surface area contributed by atoms with Crippen LogP contribution < -0.4 is 9.60 Å². The van der Waals surface area contributed by atoms with Gasteiger partial charge in [0.15, 0.2) is 0 Å². The molecule has 1 N–H and O–H groups in total. The van der Waals surface area contributed by atoms with Gasteiger partial charge in [-0.15, -0.1) is 11.8 Å². The van der Waals surface area contributed by atoms with Crippen LogP contribution in [0.5, 0.6) is 0 Å². The molecule has 0 aliphatic heterocycles. The third-order valence-corrected chi connectivity index (χ3v) is 6.72. The maximum Gasteiger partial charge on any atom is 0.308 e. The van der Waals surface area contributed by atoms with E-state index in [4.69, 9.17) is 0 Å². The van der Waals surface area contributed by atoms with Crippen molar-refractivity contribution in [1.82, 2.24) is 4.57 Å². The number of thioether (sulfide) groups is 1. The van der Waals surface area contributed by atoms with Crippen molar-refractivity contribution in [3.8, 4) is 0 Å². The number of fused-ring (bicyclic) bond motifs is 1. The minimum absolute atomic E-state index is 0.0808. The Morgan fingerprint density at radius 1 is 1.21 bits per heavy atom. The molecule has 0 unspecified atom stereocenters. The van der Waals surface area contributed by atoms with E-state index in [-0.39, 0.29) is 9.77 Å². The molecule has 24 heavy (non-hydrogen) atoms.